The summed E-state index contributed by atoms with van der Waals surface area (Å²) in [5.74, 6) is -3.38. The van der Waals surface area contributed by atoms with Gasteiger partial charge in [-0.2, -0.15) is 0 Å². The molecular weight excluding hydrogens is 517 g/mol. The molecule has 0 bridgehead atoms. The van der Waals surface area contributed by atoms with Gasteiger partial charge < -0.3 is 24.4 Å². The molecule has 0 amide bonds. The van der Waals surface area contributed by atoms with E-state index in [0.717, 1.165) is 49.8 Å². The van der Waals surface area contributed by atoms with Crippen LogP contribution in [0.2, 0.25) is 0 Å². The van der Waals surface area contributed by atoms with Crippen LogP contribution >= 0.6 is 0 Å². The van der Waals surface area contributed by atoms with Crippen LogP contribution in [0.4, 0.5) is 4.39 Å². The highest BCUT2D eigenvalue weighted by molar-refractivity contribution is 6.27. The smallest absolute Gasteiger partial charge is 0.414 e. The first-order chi connectivity index (χ1) is 19.2. The molecule has 4 aromatic rings. The standard InChI is InChI=1S/C28H28FN3O2.C2H2O4/c1-34-27-9-6-23(19-30-27)28(33)22-5-4-21-11-17-32(26(21)18-22)25-12-15-31(16-13-25)14-10-20-2-7-24(29)8-3-20;3-1(4)2(5)6/h2-9,11,17-19,25H,10,12-16H2,1H3;(H,3,4)(H,5,6). The van der Waals surface area contributed by atoms with Gasteiger partial charge in [0.05, 0.1) is 7.11 Å². The molecule has 0 spiro atoms. The minimum absolute atomic E-state index is 0.0413. The number of piperidine rings is 1. The molecule has 0 saturated carbocycles. The molecule has 2 N–H and O–H groups in total. The van der Waals surface area contributed by atoms with E-state index in [1.165, 1.54) is 17.7 Å². The Morgan fingerprint density at radius 2 is 1.62 bits per heavy atom. The summed E-state index contributed by atoms with van der Waals surface area (Å²) >= 11 is 0. The van der Waals surface area contributed by atoms with Crippen LogP contribution in [0.25, 0.3) is 10.9 Å². The number of likely N-dealkylation sites (tertiary alicyclic amines) is 1. The Balaban J connectivity index is 0.000000557. The van der Waals surface area contributed by atoms with Gasteiger partial charge in [0.15, 0.2) is 5.78 Å². The van der Waals surface area contributed by atoms with E-state index in [9.17, 15) is 9.18 Å². The quantitative estimate of drug-likeness (QED) is 0.257. The third kappa shape index (κ3) is 7.09. The SMILES string of the molecule is COc1ccc(C(=O)c2ccc3ccn(C4CCN(CCc5ccc(F)cc5)CC4)c3c2)cn1.O=C(O)C(=O)O. The molecule has 3 heterocycles. The number of ether oxygens (including phenoxy) is 1. The van der Waals surface area contributed by atoms with Crippen molar-refractivity contribution in [1.29, 1.82) is 0 Å². The fourth-order valence-electron chi connectivity index (χ4n) is 4.77. The normalized spacial score (nSPS) is 13.8. The number of hydrogen-bond acceptors (Lipinski definition) is 6. The number of hydrogen-bond donors (Lipinski definition) is 2. The van der Waals surface area contributed by atoms with E-state index < -0.39 is 11.9 Å². The van der Waals surface area contributed by atoms with Crippen LogP contribution < -0.4 is 4.74 Å². The van der Waals surface area contributed by atoms with Crippen molar-refractivity contribution < 1.29 is 33.7 Å². The predicted molar refractivity (Wildman–Crippen MR) is 146 cm³/mol. The Hall–Kier alpha value is -4.57. The second-order valence-corrected chi connectivity index (χ2v) is 9.47. The molecule has 5 rings (SSSR count). The summed E-state index contributed by atoms with van der Waals surface area (Å²) in [4.78, 5) is 37.9. The molecule has 2 aromatic carbocycles. The molecule has 0 atom stereocenters. The Morgan fingerprint density at radius 1 is 0.950 bits per heavy atom. The van der Waals surface area contributed by atoms with Crippen LogP contribution in [0.15, 0.2) is 73.1 Å². The van der Waals surface area contributed by atoms with Gasteiger partial charge in [-0.15, -0.1) is 0 Å². The number of aliphatic carboxylic acids is 2. The summed E-state index contributed by atoms with van der Waals surface area (Å²) in [6.45, 7) is 3.04. The molecule has 40 heavy (non-hydrogen) atoms. The molecular formula is C30H30FN3O6. The molecule has 9 nitrogen and oxygen atoms in total. The molecule has 1 fully saturated rings. The molecule has 1 saturated heterocycles. The van der Waals surface area contributed by atoms with Crippen molar-refractivity contribution in [3.63, 3.8) is 0 Å². The monoisotopic (exact) mass is 547 g/mol. The third-order valence-electron chi connectivity index (χ3n) is 6.96. The zero-order chi connectivity index (χ0) is 28.6. The molecule has 0 radical (unpaired) electrons. The van der Waals surface area contributed by atoms with Crippen molar-refractivity contribution in [2.24, 2.45) is 0 Å². The van der Waals surface area contributed by atoms with Crippen LogP contribution in [0, 0.1) is 5.82 Å². The molecule has 10 heteroatoms. The van der Waals surface area contributed by atoms with E-state index in [1.807, 2.05) is 30.3 Å². The number of fused-ring (bicyclic) bond motifs is 1. The fraction of sp³-hybridized carbons (Fsp3) is 0.267. The molecule has 208 valence electrons. The molecule has 0 unspecified atom stereocenters. The van der Waals surface area contributed by atoms with Gasteiger partial charge in [0.25, 0.3) is 0 Å². The highest BCUT2D eigenvalue weighted by Crippen LogP contribution is 2.29. The fourth-order valence-corrected chi connectivity index (χ4v) is 4.77. The van der Waals surface area contributed by atoms with Gasteiger partial charge in [-0.3, -0.25) is 4.79 Å². The van der Waals surface area contributed by atoms with Gasteiger partial charge in [-0.1, -0.05) is 24.3 Å². The number of rotatable bonds is 7. The molecule has 1 aliphatic heterocycles. The Kier molecular flexibility index (Phi) is 9.23. The number of benzene rings is 2. The van der Waals surface area contributed by atoms with E-state index in [0.29, 0.717) is 23.0 Å². The van der Waals surface area contributed by atoms with E-state index in [-0.39, 0.29) is 11.6 Å². The van der Waals surface area contributed by atoms with E-state index in [4.69, 9.17) is 24.5 Å². The van der Waals surface area contributed by atoms with Gasteiger partial charge in [0.2, 0.25) is 5.88 Å². The summed E-state index contributed by atoms with van der Waals surface area (Å²) in [5.41, 5.74) is 3.48. The Labute approximate surface area is 230 Å². The van der Waals surface area contributed by atoms with E-state index in [1.54, 1.807) is 25.4 Å². The van der Waals surface area contributed by atoms with Crippen molar-refractivity contribution in [3.8, 4) is 5.88 Å². The minimum Gasteiger partial charge on any atom is -0.481 e. The summed E-state index contributed by atoms with van der Waals surface area (Å²) in [7, 11) is 1.56. The number of pyridine rings is 1. The number of carbonyl (C=O) groups excluding carboxylic acids is 1. The maximum absolute atomic E-state index is 13.1. The van der Waals surface area contributed by atoms with Crippen LogP contribution in [0.3, 0.4) is 0 Å². The van der Waals surface area contributed by atoms with Gasteiger partial charge in [0, 0.05) is 60.8 Å². The number of carboxylic acid groups (broad SMARTS) is 2. The number of aromatic nitrogens is 2. The summed E-state index contributed by atoms with van der Waals surface area (Å²) in [5, 5.41) is 15.9. The largest absolute Gasteiger partial charge is 0.481 e. The van der Waals surface area contributed by atoms with E-state index >= 15 is 0 Å². The topological polar surface area (TPSA) is 122 Å². The maximum atomic E-state index is 13.1. The van der Waals surface area contributed by atoms with E-state index in [2.05, 4.69) is 26.7 Å². The number of halogens is 1. The lowest BCUT2D eigenvalue weighted by Gasteiger charge is -2.33. The Morgan fingerprint density at radius 3 is 2.23 bits per heavy atom. The second-order valence-electron chi connectivity index (χ2n) is 9.47. The first kappa shape index (κ1) is 28.4. The predicted octanol–water partition coefficient (Wildman–Crippen LogP) is 4.45. The lowest BCUT2D eigenvalue weighted by Crippen LogP contribution is -2.35. The van der Waals surface area contributed by atoms with Gasteiger partial charge in [0.1, 0.15) is 5.82 Å². The summed E-state index contributed by atoms with van der Waals surface area (Å²) < 4.78 is 20.5. The highest BCUT2D eigenvalue weighted by atomic mass is 19.1. The van der Waals surface area contributed by atoms with Crippen molar-refractivity contribution in [1.82, 2.24) is 14.5 Å². The summed E-state index contributed by atoms with van der Waals surface area (Å²) in [6, 6.07) is 18.7. The van der Waals surface area contributed by atoms with Crippen LogP contribution in [0.5, 0.6) is 5.88 Å². The number of ketones is 1. The number of methoxy groups -OCH3 is 1. The third-order valence-corrected chi connectivity index (χ3v) is 6.96. The minimum atomic E-state index is -1.82. The van der Waals surface area contributed by atoms with Gasteiger partial charge in [-0.05, 0) is 60.5 Å². The average molecular weight is 548 g/mol. The number of carboxylic acids is 2. The second kappa shape index (κ2) is 13.0. The van der Waals surface area contributed by atoms with Crippen LogP contribution in [-0.4, -0.2) is 69.1 Å². The van der Waals surface area contributed by atoms with Gasteiger partial charge >= 0.3 is 11.9 Å². The summed E-state index contributed by atoms with van der Waals surface area (Å²) in [6.07, 6.45) is 6.77. The Bertz CT molecular complexity index is 1460. The van der Waals surface area contributed by atoms with Crippen molar-refractivity contribution in [2.45, 2.75) is 25.3 Å². The first-order valence-corrected chi connectivity index (χ1v) is 12.8. The number of nitrogens with zero attached hydrogens (tertiary/aromatic N) is 3. The van der Waals surface area contributed by atoms with Crippen LogP contribution in [0.1, 0.15) is 40.4 Å². The zero-order valence-electron chi connectivity index (χ0n) is 22.0. The van der Waals surface area contributed by atoms with Crippen molar-refractivity contribution in [3.05, 3.63) is 95.6 Å². The lowest BCUT2D eigenvalue weighted by atomic mass is 10.0. The first-order valence-electron chi connectivity index (χ1n) is 12.8. The van der Waals surface area contributed by atoms with Crippen molar-refractivity contribution in [2.75, 3.05) is 26.7 Å². The van der Waals surface area contributed by atoms with Crippen molar-refractivity contribution >= 4 is 28.6 Å². The number of carbonyl (C=O) groups is 3. The van der Waals surface area contributed by atoms with Crippen LogP contribution in [-0.2, 0) is 16.0 Å². The average Bonchev–Trinajstić information content (AvgIpc) is 3.40. The molecule has 0 aliphatic carbocycles. The van der Waals surface area contributed by atoms with Gasteiger partial charge in [-0.25, -0.2) is 19.0 Å². The maximum Gasteiger partial charge on any atom is 0.414 e. The highest BCUT2D eigenvalue weighted by Gasteiger charge is 2.22. The molecule has 1 aliphatic rings. The zero-order valence-corrected chi connectivity index (χ0v) is 22.0. The molecule has 2 aromatic heterocycles. The lowest BCUT2D eigenvalue weighted by molar-refractivity contribution is -0.159.